The number of methoxy groups -OCH3 is 1. The number of cyclic esters (lactones) is 1. The van der Waals surface area contributed by atoms with Gasteiger partial charge in [-0.1, -0.05) is 0 Å². The third kappa shape index (κ3) is 1.61. The van der Waals surface area contributed by atoms with Gasteiger partial charge in [-0.2, -0.15) is 0 Å². The Balaban J connectivity index is 2.29. The molecule has 2 rings (SSSR count). The molecule has 1 aromatic heterocycles. The fourth-order valence-corrected chi connectivity index (χ4v) is 1.23. The lowest BCUT2D eigenvalue weighted by molar-refractivity contribution is -0.117. The summed E-state index contributed by atoms with van der Waals surface area (Å²) in [4.78, 5) is 27.2. The van der Waals surface area contributed by atoms with Crippen molar-refractivity contribution in [2.75, 3.05) is 18.6 Å². The van der Waals surface area contributed by atoms with Crippen LogP contribution in [0.3, 0.4) is 0 Å². The Morgan fingerprint density at radius 3 is 2.73 bits per heavy atom. The highest BCUT2D eigenvalue weighted by atomic mass is 16.6. The molecular weight excluding hydrogens is 200 g/mol. The van der Waals surface area contributed by atoms with Crippen LogP contribution in [0.4, 0.5) is 10.5 Å². The molecular formula is C9H8N2O4. The summed E-state index contributed by atoms with van der Waals surface area (Å²) in [5.74, 6) is 0.0192. The number of carbonyl (C=O) groups excluding carboxylic acids is 2. The van der Waals surface area contributed by atoms with Crippen molar-refractivity contribution in [3.63, 3.8) is 0 Å². The first-order valence-electron chi connectivity index (χ1n) is 4.22. The minimum absolute atomic E-state index is 0.217. The number of aromatic nitrogens is 1. The molecule has 1 aromatic rings. The predicted octanol–water partition coefficient (Wildman–Crippen LogP) is 0.573. The fraction of sp³-hybridized carbons (Fsp3) is 0.222. The minimum atomic E-state index is -0.674. The van der Waals surface area contributed by atoms with Gasteiger partial charge < -0.3 is 9.47 Å². The van der Waals surface area contributed by atoms with E-state index in [0.29, 0.717) is 11.6 Å². The van der Waals surface area contributed by atoms with Crippen LogP contribution in [-0.2, 0) is 9.53 Å². The summed E-state index contributed by atoms with van der Waals surface area (Å²) in [6, 6.07) is 3.13. The fourth-order valence-electron chi connectivity index (χ4n) is 1.23. The summed E-state index contributed by atoms with van der Waals surface area (Å²) in [6.45, 7) is -0.217. The molecule has 0 spiro atoms. The average molecular weight is 208 g/mol. The summed E-state index contributed by atoms with van der Waals surface area (Å²) < 4.78 is 9.42. The van der Waals surface area contributed by atoms with Gasteiger partial charge in [0.05, 0.1) is 19.0 Å². The van der Waals surface area contributed by atoms with Crippen molar-refractivity contribution in [2.24, 2.45) is 0 Å². The van der Waals surface area contributed by atoms with Gasteiger partial charge in [0.25, 0.3) is 5.91 Å². The number of carbonyl (C=O) groups is 2. The van der Waals surface area contributed by atoms with E-state index in [1.165, 1.54) is 13.3 Å². The van der Waals surface area contributed by atoms with Crippen LogP contribution in [0.1, 0.15) is 0 Å². The number of amides is 2. The van der Waals surface area contributed by atoms with Crippen LogP contribution in [-0.4, -0.2) is 30.7 Å². The van der Waals surface area contributed by atoms with Crippen molar-refractivity contribution >= 4 is 17.7 Å². The maximum Gasteiger partial charge on any atom is 0.421 e. The van der Waals surface area contributed by atoms with E-state index in [0.717, 1.165) is 4.90 Å². The number of hydrogen-bond acceptors (Lipinski definition) is 5. The molecule has 2 heterocycles. The molecule has 1 fully saturated rings. The summed E-state index contributed by atoms with van der Waals surface area (Å²) in [5, 5.41) is 0. The predicted molar refractivity (Wildman–Crippen MR) is 49.6 cm³/mol. The zero-order valence-electron chi connectivity index (χ0n) is 7.97. The van der Waals surface area contributed by atoms with Gasteiger partial charge in [-0.05, 0) is 6.07 Å². The molecule has 78 valence electrons. The Bertz CT molecular complexity index is 385. The summed E-state index contributed by atoms with van der Waals surface area (Å²) in [6.07, 6.45) is 0.704. The average Bonchev–Trinajstić information content (AvgIpc) is 2.59. The largest absolute Gasteiger partial charge is 0.481 e. The van der Waals surface area contributed by atoms with Crippen molar-refractivity contribution in [1.29, 1.82) is 0 Å². The number of nitrogens with zero attached hydrogens (tertiary/aromatic N) is 2. The Kier molecular flexibility index (Phi) is 2.24. The number of rotatable bonds is 2. The van der Waals surface area contributed by atoms with E-state index in [4.69, 9.17) is 4.74 Å². The number of anilines is 1. The number of imide groups is 1. The Morgan fingerprint density at radius 1 is 1.47 bits per heavy atom. The molecule has 1 aliphatic rings. The second-order valence-electron chi connectivity index (χ2n) is 2.84. The van der Waals surface area contributed by atoms with Gasteiger partial charge in [-0.3, -0.25) is 4.79 Å². The normalized spacial score (nSPS) is 15.4. The molecule has 0 unspecified atom stereocenters. The van der Waals surface area contributed by atoms with E-state index in [-0.39, 0.29) is 6.61 Å². The van der Waals surface area contributed by atoms with Gasteiger partial charge in [-0.15, -0.1) is 0 Å². The standard InChI is InChI=1S/C9H8N2O4/c1-14-7-3-2-6(4-10-7)11-8(12)5-15-9(11)13/h2-4H,5H2,1H3. The summed E-state index contributed by atoms with van der Waals surface area (Å²) in [5.41, 5.74) is 0.378. The molecule has 6 nitrogen and oxygen atoms in total. The highest BCUT2D eigenvalue weighted by Crippen LogP contribution is 2.20. The zero-order valence-corrected chi connectivity index (χ0v) is 7.97. The van der Waals surface area contributed by atoms with Gasteiger partial charge in [0.2, 0.25) is 5.88 Å². The van der Waals surface area contributed by atoms with E-state index < -0.39 is 12.0 Å². The van der Waals surface area contributed by atoms with E-state index in [1.807, 2.05) is 0 Å². The quantitative estimate of drug-likeness (QED) is 0.710. The Labute approximate surface area is 85.4 Å². The molecule has 1 aliphatic heterocycles. The van der Waals surface area contributed by atoms with E-state index in [2.05, 4.69) is 9.72 Å². The smallest absolute Gasteiger partial charge is 0.421 e. The van der Waals surface area contributed by atoms with Crippen molar-refractivity contribution in [3.8, 4) is 5.88 Å². The van der Waals surface area contributed by atoms with E-state index in [1.54, 1.807) is 12.1 Å². The van der Waals surface area contributed by atoms with Crippen LogP contribution in [0, 0.1) is 0 Å². The molecule has 2 amide bonds. The van der Waals surface area contributed by atoms with Crippen molar-refractivity contribution < 1.29 is 19.1 Å². The Morgan fingerprint density at radius 2 is 2.27 bits per heavy atom. The maximum absolute atomic E-state index is 11.3. The molecule has 0 radical (unpaired) electrons. The second kappa shape index (κ2) is 3.56. The lowest BCUT2D eigenvalue weighted by Crippen LogP contribution is -2.28. The van der Waals surface area contributed by atoms with Crippen LogP contribution in [0.15, 0.2) is 18.3 Å². The lowest BCUT2D eigenvalue weighted by Gasteiger charge is -2.09. The summed E-state index contributed by atoms with van der Waals surface area (Å²) in [7, 11) is 1.48. The van der Waals surface area contributed by atoms with E-state index in [9.17, 15) is 9.59 Å². The van der Waals surface area contributed by atoms with Crippen LogP contribution < -0.4 is 9.64 Å². The topological polar surface area (TPSA) is 68.7 Å². The monoisotopic (exact) mass is 208 g/mol. The van der Waals surface area contributed by atoms with Gasteiger partial charge in [0.15, 0.2) is 6.61 Å². The lowest BCUT2D eigenvalue weighted by atomic mass is 10.4. The number of ether oxygens (including phenoxy) is 2. The van der Waals surface area contributed by atoms with Crippen LogP contribution in [0.2, 0.25) is 0 Å². The number of pyridine rings is 1. The first kappa shape index (κ1) is 9.45. The molecule has 0 aromatic carbocycles. The van der Waals surface area contributed by atoms with Gasteiger partial charge in [0, 0.05) is 6.07 Å². The van der Waals surface area contributed by atoms with Gasteiger partial charge in [-0.25, -0.2) is 14.7 Å². The van der Waals surface area contributed by atoms with Crippen molar-refractivity contribution in [2.45, 2.75) is 0 Å². The molecule has 1 saturated heterocycles. The molecule has 0 aliphatic carbocycles. The maximum atomic E-state index is 11.3. The SMILES string of the molecule is COc1ccc(N2C(=O)COC2=O)cn1. The van der Waals surface area contributed by atoms with Crippen molar-refractivity contribution in [1.82, 2.24) is 4.98 Å². The molecule has 0 saturated carbocycles. The molecule has 0 bridgehead atoms. The van der Waals surface area contributed by atoms with Crippen LogP contribution >= 0.6 is 0 Å². The van der Waals surface area contributed by atoms with Gasteiger partial charge >= 0.3 is 6.09 Å². The van der Waals surface area contributed by atoms with Gasteiger partial charge in [0.1, 0.15) is 0 Å². The van der Waals surface area contributed by atoms with E-state index >= 15 is 0 Å². The number of hydrogen-bond donors (Lipinski definition) is 0. The molecule has 15 heavy (non-hydrogen) atoms. The second-order valence-corrected chi connectivity index (χ2v) is 2.84. The molecule has 0 atom stereocenters. The third-order valence-electron chi connectivity index (χ3n) is 1.94. The zero-order chi connectivity index (χ0) is 10.8. The van der Waals surface area contributed by atoms with Crippen molar-refractivity contribution in [3.05, 3.63) is 18.3 Å². The first-order valence-corrected chi connectivity index (χ1v) is 4.22. The molecule has 0 N–H and O–H groups in total. The van der Waals surface area contributed by atoms with Crippen LogP contribution in [0.25, 0.3) is 0 Å². The minimum Gasteiger partial charge on any atom is -0.481 e. The highest BCUT2D eigenvalue weighted by Gasteiger charge is 2.32. The highest BCUT2D eigenvalue weighted by molar-refractivity contribution is 6.16. The molecule has 6 heteroatoms. The third-order valence-corrected chi connectivity index (χ3v) is 1.94. The first-order chi connectivity index (χ1) is 7.22. The van der Waals surface area contributed by atoms with Crippen LogP contribution in [0.5, 0.6) is 5.88 Å². The Hall–Kier alpha value is -2.11. The summed E-state index contributed by atoms with van der Waals surface area (Å²) >= 11 is 0.